The molecule has 5 nitrogen and oxygen atoms in total. The molecule has 1 aromatic rings. The molecule has 1 N–H and O–H groups in total. The van der Waals surface area contributed by atoms with Crippen molar-refractivity contribution in [2.24, 2.45) is 5.92 Å². The monoisotopic (exact) mass is 350 g/mol. The molecule has 2 amide bonds. The SMILES string of the molecule is O=C(NCC1CCCO1)C1CCCN(C(=O)c2ccc(Cl)cc2)C1. The van der Waals surface area contributed by atoms with Crippen LogP contribution in [0.5, 0.6) is 0 Å². The zero-order chi connectivity index (χ0) is 16.9. The topological polar surface area (TPSA) is 58.6 Å². The fourth-order valence-electron chi connectivity index (χ4n) is 3.31. The Balaban J connectivity index is 1.54. The molecule has 6 heteroatoms. The van der Waals surface area contributed by atoms with Crippen molar-refractivity contribution in [3.63, 3.8) is 0 Å². The first-order valence-corrected chi connectivity index (χ1v) is 8.95. The first-order chi connectivity index (χ1) is 11.6. The maximum Gasteiger partial charge on any atom is 0.253 e. The lowest BCUT2D eigenvalue weighted by Gasteiger charge is -2.32. The number of carbonyl (C=O) groups is 2. The molecule has 0 bridgehead atoms. The van der Waals surface area contributed by atoms with E-state index in [-0.39, 0.29) is 23.8 Å². The van der Waals surface area contributed by atoms with Crippen LogP contribution in [0.1, 0.15) is 36.0 Å². The van der Waals surface area contributed by atoms with E-state index in [0.29, 0.717) is 30.2 Å². The van der Waals surface area contributed by atoms with Gasteiger partial charge in [0.15, 0.2) is 0 Å². The molecule has 0 radical (unpaired) electrons. The van der Waals surface area contributed by atoms with E-state index < -0.39 is 0 Å². The van der Waals surface area contributed by atoms with Crippen LogP contribution in [0, 0.1) is 5.92 Å². The largest absolute Gasteiger partial charge is 0.376 e. The number of piperidine rings is 1. The van der Waals surface area contributed by atoms with E-state index in [0.717, 1.165) is 32.3 Å². The second kappa shape index (κ2) is 7.99. The molecule has 0 spiro atoms. The second-order valence-electron chi connectivity index (χ2n) is 6.48. The Kier molecular flexibility index (Phi) is 5.74. The second-order valence-corrected chi connectivity index (χ2v) is 6.91. The van der Waals surface area contributed by atoms with Crippen molar-refractivity contribution in [1.82, 2.24) is 10.2 Å². The maximum atomic E-state index is 12.6. The van der Waals surface area contributed by atoms with E-state index in [4.69, 9.17) is 16.3 Å². The van der Waals surface area contributed by atoms with Gasteiger partial charge in [0.25, 0.3) is 5.91 Å². The fourth-order valence-corrected chi connectivity index (χ4v) is 3.44. The van der Waals surface area contributed by atoms with Gasteiger partial charge in [0, 0.05) is 36.8 Å². The van der Waals surface area contributed by atoms with Gasteiger partial charge in [-0.15, -0.1) is 0 Å². The summed E-state index contributed by atoms with van der Waals surface area (Å²) < 4.78 is 5.53. The molecular weight excluding hydrogens is 328 g/mol. The van der Waals surface area contributed by atoms with Crippen molar-refractivity contribution in [1.29, 1.82) is 0 Å². The third-order valence-corrected chi connectivity index (χ3v) is 4.95. The third-order valence-electron chi connectivity index (χ3n) is 4.70. The van der Waals surface area contributed by atoms with Gasteiger partial charge in [0.05, 0.1) is 12.0 Å². The van der Waals surface area contributed by atoms with Crippen LogP contribution in [0.4, 0.5) is 0 Å². The Morgan fingerprint density at radius 1 is 1.21 bits per heavy atom. The molecule has 2 atom stereocenters. The van der Waals surface area contributed by atoms with Crippen LogP contribution in [0.3, 0.4) is 0 Å². The van der Waals surface area contributed by atoms with E-state index in [1.807, 2.05) is 0 Å². The van der Waals surface area contributed by atoms with Gasteiger partial charge < -0.3 is 15.0 Å². The van der Waals surface area contributed by atoms with Gasteiger partial charge in [-0.2, -0.15) is 0 Å². The molecule has 2 aliphatic rings. The molecule has 3 rings (SSSR count). The summed E-state index contributed by atoms with van der Waals surface area (Å²) >= 11 is 5.87. The van der Waals surface area contributed by atoms with E-state index in [1.54, 1.807) is 29.2 Å². The lowest BCUT2D eigenvalue weighted by molar-refractivity contribution is -0.126. The Morgan fingerprint density at radius 3 is 2.71 bits per heavy atom. The van der Waals surface area contributed by atoms with Crippen molar-refractivity contribution in [3.05, 3.63) is 34.9 Å². The minimum absolute atomic E-state index is 0.0270. The predicted molar refractivity (Wildman–Crippen MR) is 92.1 cm³/mol. The van der Waals surface area contributed by atoms with E-state index in [9.17, 15) is 9.59 Å². The average molecular weight is 351 g/mol. The van der Waals surface area contributed by atoms with Crippen LogP contribution in [0.25, 0.3) is 0 Å². The van der Waals surface area contributed by atoms with Crippen molar-refractivity contribution >= 4 is 23.4 Å². The number of amides is 2. The quantitative estimate of drug-likeness (QED) is 0.907. The Labute approximate surface area is 147 Å². The number of nitrogens with zero attached hydrogens (tertiary/aromatic N) is 1. The van der Waals surface area contributed by atoms with Crippen LogP contribution in [0.2, 0.25) is 5.02 Å². The lowest BCUT2D eigenvalue weighted by atomic mass is 9.96. The number of nitrogens with one attached hydrogen (secondary N) is 1. The number of benzene rings is 1. The maximum absolute atomic E-state index is 12.6. The van der Waals surface area contributed by atoms with Crippen LogP contribution >= 0.6 is 11.6 Å². The number of carbonyl (C=O) groups excluding carboxylic acids is 2. The molecule has 0 aliphatic carbocycles. The van der Waals surface area contributed by atoms with E-state index in [1.165, 1.54) is 0 Å². The molecule has 0 saturated carbocycles. The molecule has 1 aromatic carbocycles. The average Bonchev–Trinajstić information content (AvgIpc) is 3.13. The Bertz CT molecular complexity index is 584. The Morgan fingerprint density at radius 2 is 2.00 bits per heavy atom. The fraction of sp³-hybridized carbons (Fsp3) is 0.556. The smallest absolute Gasteiger partial charge is 0.253 e. The molecule has 2 unspecified atom stereocenters. The number of rotatable bonds is 4. The van der Waals surface area contributed by atoms with Gasteiger partial charge in [0.2, 0.25) is 5.91 Å². The summed E-state index contributed by atoms with van der Waals surface area (Å²) in [5, 5.41) is 3.59. The minimum Gasteiger partial charge on any atom is -0.376 e. The molecule has 2 saturated heterocycles. The first-order valence-electron chi connectivity index (χ1n) is 8.57. The Hall–Kier alpha value is -1.59. The number of halogens is 1. The summed E-state index contributed by atoms with van der Waals surface area (Å²) in [4.78, 5) is 26.7. The van der Waals surface area contributed by atoms with Crippen molar-refractivity contribution < 1.29 is 14.3 Å². The van der Waals surface area contributed by atoms with Gasteiger partial charge in [0.1, 0.15) is 0 Å². The summed E-state index contributed by atoms with van der Waals surface area (Å²) in [6.07, 6.45) is 3.88. The summed E-state index contributed by atoms with van der Waals surface area (Å²) in [7, 11) is 0. The molecule has 0 aromatic heterocycles. The molecule has 2 aliphatic heterocycles. The van der Waals surface area contributed by atoms with Gasteiger partial charge in [-0.1, -0.05) is 11.6 Å². The molecule has 2 fully saturated rings. The number of hydrogen-bond acceptors (Lipinski definition) is 3. The number of hydrogen-bond donors (Lipinski definition) is 1. The normalized spacial score (nSPS) is 24.0. The summed E-state index contributed by atoms with van der Waals surface area (Å²) in [5.41, 5.74) is 0.611. The van der Waals surface area contributed by atoms with E-state index in [2.05, 4.69) is 5.32 Å². The van der Waals surface area contributed by atoms with Crippen LogP contribution in [-0.4, -0.2) is 49.1 Å². The molecule has 2 heterocycles. The first kappa shape index (κ1) is 17.2. The molecule has 130 valence electrons. The third kappa shape index (κ3) is 4.28. The van der Waals surface area contributed by atoms with Crippen molar-refractivity contribution in [3.8, 4) is 0 Å². The van der Waals surface area contributed by atoms with Gasteiger partial charge >= 0.3 is 0 Å². The van der Waals surface area contributed by atoms with E-state index >= 15 is 0 Å². The highest BCUT2D eigenvalue weighted by Crippen LogP contribution is 2.20. The lowest BCUT2D eigenvalue weighted by Crippen LogP contribution is -2.46. The summed E-state index contributed by atoms with van der Waals surface area (Å²) in [5.74, 6) is -0.154. The van der Waals surface area contributed by atoms with Crippen molar-refractivity contribution in [2.75, 3.05) is 26.2 Å². The molecular formula is C18H23ClN2O3. The number of ether oxygens (including phenoxy) is 1. The zero-order valence-electron chi connectivity index (χ0n) is 13.7. The number of likely N-dealkylation sites (tertiary alicyclic amines) is 1. The summed E-state index contributed by atoms with van der Waals surface area (Å²) in [6.45, 7) is 2.52. The standard InChI is InChI=1S/C18H23ClN2O3/c19-15-7-5-13(6-8-15)18(23)21-9-1-3-14(12-21)17(22)20-11-16-4-2-10-24-16/h5-8,14,16H,1-4,9-12H2,(H,20,22). The van der Waals surface area contributed by atoms with Gasteiger partial charge in [-0.05, 0) is 49.9 Å². The zero-order valence-corrected chi connectivity index (χ0v) is 14.4. The van der Waals surface area contributed by atoms with Crippen LogP contribution < -0.4 is 5.32 Å². The highest BCUT2D eigenvalue weighted by Gasteiger charge is 2.29. The van der Waals surface area contributed by atoms with Crippen LogP contribution in [-0.2, 0) is 9.53 Å². The molecule has 24 heavy (non-hydrogen) atoms. The highest BCUT2D eigenvalue weighted by molar-refractivity contribution is 6.30. The van der Waals surface area contributed by atoms with Crippen molar-refractivity contribution in [2.45, 2.75) is 31.8 Å². The summed E-state index contributed by atoms with van der Waals surface area (Å²) in [6, 6.07) is 6.88. The predicted octanol–water partition coefficient (Wildman–Crippen LogP) is 2.49. The minimum atomic E-state index is -0.142. The van der Waals surface area contributed by atoms with Gasteiger partial charge in [-0.3, -0.25) is 9.59 Å². The van der Waals surface area contributed by atoms with Crippen LogP contribution in [0.15, 0.2) is 24.3 Å². The van der Waals surface area contributed by atoms with Gasteiger partial charge in [-0.25, -0.2) is 0 Å². The highest BCUT2D eigenvalue weighted by atomic mass is 35.5.